The molecule has 1 atom stereocenters. The van der Waals surface area contributed by atoms with Gasteiger partial charge >= 0.3 is 5.97 Å². The van der Waals surface area contributed by atoms with Gasteiger partial charge in [0, 0.05) is 24.2 Å². The lowest BCUT2D eigenvalue weighted by atomic mass is 10.0. The van der Waals surface area contributed by atoms with Crippen LogP contribution in [0.4, 0.5) is 0 Å². The average Bonchev–Trinajstić information content (AvgIpc) is 2.72. The lowest BCUT2D eigenvalue weighted by Gasteiger charge is -2.29. The van der Waals surface area contributed by atoms with Gasteiger partial charge in [0.05, 0.1) is 13.5 Å². The quantitative estimate of drug-likeness (QED) is 0.846. The van der Waals surface area contributed by atoms with Crippen LogP contribution < -0.4 is 5.32 Å². The number of hydrogen-bond donors (Lipinski definition) is 1. The second kappa shape index (κ2) is 8.37. The van der Waals surface area contributed by atoms with Gasteiger partial charge in [0.1, 0.15) is 0 Å². The minimum Gasteiger partial charge on any atom is -0.469 e. The van der Waals surface area contributed by atoms with Crippen molar-refractivity contribution in [3.63, 3.8) is 0 Å². The highest BCUT2D eigenvalue weighted by Crippen LogP contribution is 2.15. The van der Waals surface area contributed by atoms with Crippen molar-refractivity contribution in [2.24, 2.45) is 0 Å². The molecule has 0 bridgehead atoms. The number of esters is 1. The minimum atomic E-state index is -0.141. The summed E-state index contributed by atoms with van der Waals surface area (Å²) in [6, 6.07) is 8.41. The molecule has 1 aromatic rings. The third-order valence-corrected chi connectivity index (χ3v) is 4.16. The first-order chi connectivity index (χ1) is 10.2. The van der Waals surface area contributed by atoms with Crippen molar-refractivity contribution in [1.29, 1.82) is 0 Å². The second-order valence-electron chi connectivity index (χ2n) is 5.40. The lowest BCUT2D eigenvalue weighted by molar-refractivity contribution is -0.141. The molecule has 0 aliphatic carbocycles. The van der Waals surface area contributed by atoms with Gasteiger partial charge in [-0.1, -0.05) is 23.7 Å². The van der Waals surface area contributed by atoms with E-state index in [1.54, 1.807) is 0 Å². The number of nitrogens with zero attached hydrogens (tertiary/aromatic N) is 1. The van der Waals surface area contributed by atoms with E-state index in [4.69, 9.17) is 16.3 Å². The molecule has 0 saturated carbocycles. The average molecular weight is 311 g/mol. The molecule has 1 heterocycles. The van der Waals surface area contributed by atoms with Crippen LogP contribution in [0.2, 0.25) is 5.02 Å². The van der Waals surface area contributed by atoms with Crippen molar-refractivity contribution in [2.45, 2.75) is 25.3 Å². The van der Waals surface area contributed by atoms with E-state index < -0.39 is 0 Å². The number of methoxy groups -OCH3 is 1. The Morgan fingerprint density at radius 2 is 2.19 bits per heavy atom. The molecule has 0 radical (unpaired) electrons. The first-order valence-corrected chi connectivity index (χ1v) is 7.83. The van der Waals surface area contributed by atoms with Gasteiger partial charge in [-0.3, -0.25) is 9.69 Å². The maximum atomic E-state index is 11.4. The molecule has 4 nitrogen and oxygen atoms in total. The van der Waals surface area contributed by atoms with Gasteiger partial charge in [-0.05, 0) is 43.6 Å². The van der Waals surface area contributed by atoms with E-state index in [-0.39, 0.29) is 5.97 Å². The van der Waals surface area contributed by atoms with Gasteiger partial charge in [0.2, 0.25) is 0 Å². The predicted molar refractivity (Wildman–Crippen MR) is 84.6 cm³/mol. The monoisotopic (exact) mass is 310 g/mol. The molecular formula is C16H23ClN2O2. The summed E-state index contributed by atoms with van der Waals surface area (Å²) >= 11 is 5.94. The number of rotatable bonds is 5. The molecular weight excluding hydrogens is 288 g/mol. The number of carbonyl (C=O) groups excluding carboxylic acids is 1. The van der Waals surface area contributed by atoms with E-state index >= 15 is 0 Å². The normalized spacial score (nSPS) is 20.0. The fourth-order valence-corrected chi connectivity index (χ4v) is 2.84. The SMILES string of the molecule is COC(=O)CCN1CCCNCC1Cc1ccc(Cl)cc1. The lowest BCUT2D eigenvalue weighted by Crippen LogP contribution is -2.42. The van der Waals surface area contributed by atoms with E-state index in [0.717, 1.165) is 44.0 Å². The summed E-state index contributed by atoms with van der Waals surface area (Å²) in [5.41, 5.74) is 1.27. The van der Waals surface area contributed by atoms with E-state index in [9.17, 15) is 4.79 Å². The van der Waals surface area contributed by atoms with Crippen LogP contribution in [0.3, 0.4) is 0 Å². The first kappa shape index (κ1) is 16.3. The Morgan fingerprint density at radius 3 is 2.90 bits per heavy atom. The molecule has 1 aliphatic heterocycles. The highest BCUT2D eigenvalue weighted by molar-refractivity contribution is 6.30. The van der Waals surface area contributed by atoms with Crippen molar-refractivity contribution in [3.8, 4) is 0 Å². The Hall–Kier alpha value is -1.10. The van der Waals surface area contributed by atoms with Gasteiger partial charge in [-0.25, -0.2) is 0 Å². The van der Waals surface area contributed by atoms with Gasteiger partial charge in [-0.15, -0.1) is 0 Å². The van der Waals surface area contributed by atoms with Crippen LogP contribution in [-0.2, 0) is 16.0 Å². The topological polar surface area (TPSA) is 41.6 Å². The van der Waals surface area contributed by atoms with Gasteiger partial charge < -0.3 is 10.1 Å². The van der Waals surface area contributed by atoms with E-state index in [0.29, 0.717) is 12.5 Å². The van der Waals surface area contributed by atoms with E-state index in [2.05, 4.69) is 22.3 Å². The fraction of sp³-hybridized carbons (Fsp3) is 0.562. The van der Waals surface area contributed by atoms with Gasteiger partial charge in [0.15, 0.2) is 0 Å². The summed E-state index contributed by atoms with van der Waals surface area (Å²) in [7, 11) is 1.44. The molecule has 1 N–H and O–H groups in total. The maximum absolute atomic E-state index is 11.4. The second-order valence-corrected chi connectivity index (χ2v) is 5.84. The molecule has 1 aliphatic rings. The number of benzene rings is 1. The molecule has 2 rings (SSSR count). The summed E-state index contributed by atoms with van der Waals surface area (Å²) in [5, 5.41) is 4.24. The molecule has 5 heteroatoms. The number of ether oxygens (including phenoxy) is 1. The third kappa shape index (κ3) is 5.30. The van der Waals surface area contributed by atoms with Crippen molar-refractivity contribution in [2.75, 3.05) is 33.3 Å². The number of carbonyl (C=O) groups is 1. The fourth-order valence-electron chi connectivity index (χ4n) is 2.71. The minimum absolute atomic E-state index is 0.141. The zero-order valence-corrected chi connectivity index (χ0v) is 13.2. The van der Waals surface area contributed by atoms with Crippen LogP contribution in [0.25, 0.3) is 0 Å². The summed E-state index contributed by atoms with van der Waals surface area (Å²) in [6.07, 6.45) is 2.53. The highest BCUT2D eigenvalue weighted by Gasteiger charge is 2.21. The van der Waals surface area contributed by atoms with Crippen molar-refractivity contribution >= 4 is 17.6 Å². The highest BCUT2D eigenvalue weighted by atomic mass is 35.5. The van der Waals surface area contributed by atoms with Crippen LogP contribution in [-0.4, -0.2) is 50.2 Å². The molecule has 0 aromatic heterocycles. The Labute approximate surface area is 131 Å². The Bertz CT molecular complexity index is 450. The molecule has 116 valence electrons. The molecule has 1 unspecified atom stereocenters. The van der Waals surface area contributed by atoms with Crippen molar-refractivity contribution in [1.82, 2.24) is 10.2 Å². The van der Waals surface area contributed by atoms with Crippen LogP contribution in [0.1, 0.15) is 18.4 Å². The van der Waals surface area contributed by atoms with Crippen molar-refractivity contribution < 1.29 is 9.53 Å². The van der Waals surface area contributed by atoms with Gasteiger partial charge in [-0.2, -0.15) is 0 Å². The smallest absolute Gasteiger partial charge is 0.306 e. The zero-order valence-electron chi connectivity index (χ0n) is 12.5. The Morgan fingerprint density at radius 1 is 1.43 bits per heavy atom. The molecule has 1 aromatic carbocycles. The van der Waals surface area contributed by atoms with E-state index in [1.165, 1.54) is 12.7 Å². The number of nitrogens with one attached hydrogen (secondary N) is 1. The van der Waals surface area contributed by atoms with Crippen LogP contribution in [0, 0.1) is 0 Å². The molecule has 1 saturated heterocycles. The van der Waals surface area contributed by atoms with E-state index in [1.807, 2.05) is 12.1 Å². The largest absolute Gasteiger partial charge is 0.469 e. The molecule has 21 heavy (non-hydrogen) atoms. The standard InChI is InChI=1S/C16H23ClN2O2/c1-21-16(20)7-10-19-9-2-8-18-12-15(19)11-13-3-5-14(17)6-4-13/h3-6,15,18H,2,7-12H2,1H3. The van der Waals surface area contributed by atoms with Crippen molar-refractivity contribution in [3.05, 3.63) is 34.9 Å². The summed E-state index contributed by atoms with van der Waals surface area (Å²) < 4.78 is 4.74. The maximum Gasteiger partial charge on any atom is 0.306 e. The number of halogens is 1. The van der Waals surface area contributed by atoms with Crippen LogP contribution in [0.5, 0.6) is 0 Å². The van der Waals surface area contributed by atoms with Crippen LogP contribution in [0.15, 0.2) is 24.3 Å². The van der Waals surface area contributed by atoms with Crippen LogP contribution >= 0.6 is 11.6 Å². The Balaban J connectivity index is 1.97. The summed E-state index contributed by atoms with van der Waals surface area (Å²) in [6.45, 7) is 3.75. The first-order valence-electron chi connectivity index (χ1n) is 7.45. The molecule has 0 spiro atoms. The molecule has 1 fully saturated rings. The van der Waals surface area contributed by atoms with Gasteiger partial charge in [0.25, 0.3) is 0 Å². The summed E-state index contributed by atoms with van der Waals surface area (Å²) in [5.74, 6) is -0.141. The predicted octanol–water partition coefficient (Wildman–Crippen LogP) is 2.11. The Kier molecular flexibility index (Phi) is 6.49. The summed E-state index contributed by atoms with van der Waals surface area (Å²) in [4.78, 5) is 13.8. The zero-order chi connectivity index (χ0) is 15.1. The third-order valence-electron chi connectivity index (χ3n) is 3.91. The number of hydrogen-bond acceptors (Lipinski definition) is 4. The molecule has 0 amide bonds.